The third-order valence-electron chi connectivity index (χ3n) is 4.44. The molecule has 1 fully saturated rings. The lowest BCUT2D eigenvalue weighted by atomic mass is 10.0. The zero-order valence-electron chi connectivity index (χ0n) is 16.7. The molecule has 1 amide bonds. The maximum atomic E-state index is 13.1. The van der Waals surface area contributed by atoms with Gasteiger partial charge < -0.3 is 15.4 Å². The largest absolute Gasteiger partial charge is 0.497 e. The first kappa shape index (κ1) is 20.8. The standard InChI is InChI=1S/C21H26FN5O2/c1-13(2)23-21(25-20(28)15-5-4-6-17(11-15)29-3)24-19-12-18(26-27-19)14-7-9-16(22)10-8-14/h4-11,13,18-19,26-27H,12H2,1-3H3,(H2,23,24,25,28). The SMILES string of the molecule is COc1cccc(C(=O)/N=C(/NC(C)C)NC2CC(c3ccc(F)cc3)NN2)c1. The van der Waals surface area contributed by atoms with E-state index >= 15 is 0 Å². The summed E-state index contributed by atoms with van der Waals surface area (Å²) in [6.45, 7) is 3.93. The van der Waals surface area contributed by atoms with Gasteiger partial charge in [0.25, 0.3) is 5.91 Å². The van der Waals surface area contributed by atoms with Gasteiger partial charge in [-0.1, -0.05) is 18.2 Å². The number of hydrazine groups is 1. The van der Waals surface area contributed by atoms with Crippen LogP contribution in [-0.2, 0) is 0 Å². The van der Waals surface area contributed by atoms with Crippen LogP contribution in [-0.4, -0.2) is 31.2 Å². The van der Waals surface area contributed by atoms with Crippen molar-refractivity contribution in [3.63, 3.8) is 0 Å². The molecule has 0 saturated carbocycles. The molecule has 0 radical (unpaired) electrons. The fraction of sp³-hybridized carbons (Fsp3) is 0.333. The Balaban J connectivity index is 1.69. The molecule has 2 aromatic rings. The van der Waals surface area contributed by atoms with Crippen molar-refractivity contribution in [2.45, 2.75) is 38.5 Å². The third-order valence-corrected chi connectivity index (χ3v) is 4.44. The van der Waals surface area contributed by atoms with Gasteiger partial charge in [-0.2, -0.15) is 4.99 Å². The second-order valence-electron chi connectivity index (χ2n) is 7.12. The molecule has 4 N–H and O–H groups in total. The molecule has 7 nitrogen and oxygen atoms in total. The monoisotopic (exact) mass is 399 g/mol. The maximum Gasteiger partial charge on any atom is 0.280 e. The Hall–Kier alpha value is -2.97. The van der Waals surface area contributed by atoms with Gasteiger partial charge in [0, 0.05) is 24.1 Å². The number of aliphatic imine (C=N–C) groups is 1. The Morgan fingerprint density at radius 1 is 1.21 bits per heavy atom. The van der Waals surface area contributed by atoms with Crippen LogP contribution in [0.5, 0.6) is 5.75 Å². The molecular weight excluding hydrogens is 373 g/mol. The molecule has 29 heavy (non-hydrogen) atoms. The third kappa shape index (κ3) is 5.75. The second kappa shape index (κ2) is 9.49. The Morgan fingerprint density at radius 2 is 1.97 bits per heavy atom. The molecule has 1 saturated heterocycles. The molecular formula is C21H26FN5O2. The molecule has 0 bridgehead atoms. The highest BCUT2D eigenvalue weighted by atomic mass is 19.1. The predicted octanol–water partition coefficient (Wildman–Crippen LogP) is 2.48. The van der Waals surface area contributed by atoms with E-state index in [1.54, 1.807) is 43.5 Å². The van der Waals surface area contributed by atoms with E-state index in [9.17, 15) is 9.18 Å². The van der Waals surface area contributed by atoms with E-state index in [2.05, 4.69) is 26.5 Å². The number of rotatable bonds is 5. The minimum absolute atomic E-state index is 0.0162. The van der Waals surface area contributed by atoms with Crippen LogP contribution in [0.4, 0.5) is 4.39 Å². The Bertz CT molecular complexity index is 870. The lowest BCUT2D eigenvalue weighted by Crippen LogP contribution is -2.51. The summed E-state index contributed by atoms with van der Waals surface area (Å²) >= 11 is 0. The van der Waals surface area contributed by atoms with E-state index in [0.29, 0.717) is 23.7 Å². The topological polar surface area (TPSA) is 86.8 Å². The number of amides is 1. The van der Waals surface area contributed by atoms with Gasteiger partial charge in [0.1, 0.15) is 11.6 Å². The van der Waals surface area contributed by atoms with Crippen LogP contribution < -0.4 is 26.2 Å². The molecule has 154 valence electrons. The summed E-state index contributed by atoms with van der Waals surface area (Å²) in [5.74, 6) is 0.342. The van der Waals surface area contributed by atoms with Crippen LogP contribution in [0.15, 0.2) is 53.5 Å². The lowest BCUT2D eigenvalue weighted by molar-refractivity contribution is 0.100. The average molecular weight is 399 g/mol. The number of carbonyl (C=O) groups excluding carboxylic acids is 1. The first-order valence-electron chi connectivity index (χ1n) is 9.51. The van der Waals surface area contributed by atoms with Gasteiger partial charge in [0.2, 0.25) is 5.96 Å². The number of benzene rings is 2. The summed E-state index contributed by atoms with van der Waals surface area (Å²) in [6, 6.07) is 13.4. The Morgan fingerprint density at radius 3 is 2.66 bits per heavy atom. The summed E-state index contributed by atoms with van der Waals surface area (Å²) in [5, 5.41) is 6.39. The summed E-state index contributed by atoms with van der Waals surface area (Å²) in [7, 11) is 1.55. The van der Waals surface area contributed by atoms with Crippen molar-refractivity contribution in [1.82, 2.24) is 21.5 Å². The van der Waals surface area contributed by atoms with Crippen LogP contribution in [0.3, 0.4) is 0 Å². The number of nitrogens with one attached hydrogen (secondary N) is 4. The minimum atomic E-state index is -0.374. The molecule has 2 atom stereocenters. The van der Waals surface area contributed by atoms with Gasteiger partial charge in [-0.05, 0) is 49.7 Å². The fourth-order valence-electron chi connectivity index (χ4n) is 3.03. The first-order valence-corrected chi connectivity index (χ1v) is 9.51. The smallest absolute Gasteiger partial charge is 0.280 e. The van der Waals surface area contributed by atoms with Gasteiger partial charge in [-0.25, -0.2) is 15.2 Å². The summed E-state index contributed by atoms with van der Waals surface area (Å²) < 4.78 is 18.3. The molecule has 3 rings (SSSR count). The van der Waals surface area contributed by atoms with Crippen LogP contribution in [0.2, 0.25) is 0 Å². The molecule has 2 aromatic carbocycles. The predicted molar refractivity (Wildman–Crippen MR) is 110 cm³/mol. The molecule has 0 aliphatic carbocycles. The zero-order chi connectivity index (χ0) is 20.8. The number of halogens is 1. The highest BCUT2D eigenvalue weighted by Gasteiger charge is 2.26. The fourth-order valence-corrected chi connectivity index (χ4v) is 3.03. The Labute approximate surface area is 169 Å². The molecule has 8 heteroatoms. The zero-order valence-corrected chi connectivity index (χ0v) is 16.7. The minimum Gasteiger partial charge on any atom is -0.497 e. The average Bonchev–Trinajstić information content (AvgIpc) is 3.16. The first-order chi connectivity index (χ1) is 13.9. The van der Waals surface area contributed by atoms with E-state index in [-0.39, 0.29) is 30.0 Å². The van der Waals surface area contributed by atoms with Crippen molar-refractivity contribution in [2.24, 2.45) is 4.99 Å². The van der Waals surface area contributed by atoms with Crippen LogP contribution in [0.1, 0.15) is 42.2 Å². The second-order valence-corrected chi connectivity index (χ2v) is 7.12. The van der Waals surface area contributed by atoms with E-state index in [0.717, 1.165) is 5.56 Å². The van der Waals surface area contributed by atoms with Crippen molar-refractivity contribution in [1.29, 1.82) is 0 Å². The van der Waals surface area contributed by atoms with Crippen molar-refractivity contribution in [3.05, 3.63) is 65.5 Å². The van der Waals surface area contributed by atoms with Crippen molar-refractivity contribution >= 4 is 11.9 Å². The lowest BCUT2D eigenvalue weighted by Gasteiger charge is -2.19. The quantitative estimate of drug-likeness (QED) is 0.457. The van der Waals surface area contributed by atoms with Crippen molar-refractivity contribution in [3.8, 4) is 5.75 Å². The number of ether oxygens (including phenoxy) is 1. The number of nitrogens with zero attached hydrogens (tertiary/aromatic N) is 1. The van der Waals surface area contributed by atoms with Gasteiger partial charge in [-0.3, -0.25) is 4.79 Å². The Kier molecular flexibility index (Phi) is 6.79. The highest BCUT2D eigenvalue weighted by molar-refractivity contribution is 6.03. The van der Waals surface area contributed by atoms with Crippen LogP contribution >= 0.6 is 0 Å². The van der Waals surface area contributed by atoms with Crippen molar-refractivity contribution < 1.29 is 13.9 Å². The van der Waals surface area contributed by atoms with Gasteiger partial charge in [0.05, 0.1) is 13.3 Å². The summed E-state index contributed by atoms with van der Waals surface area (Å²) in [6.07, 6.45) is 0.533. The van der Waals surface area contributed by atoms with Gasteiger partial charge in [0.15, 0.2) is 0 Å². The molecule has 1 heterocycles. The summed E-state index contributed by atoms with van der Waals surface area (Å²) in [4.78, 5) is 16.8. The number of hydrogen-bond acceptors (Lipinski definition) is 4. The van der Waals surface area contributed by atoms with Gasteiger partial charge >= 0.3 is 0 Å². The summed E-state index contributed by atoms with van der Waals surface area (Å²) in [5.41, 5.74) is 7.75. The normalized spacial score (nSPS) is 19.3. The number of methoxy groups -OCH3 is 1. The molecule has 0 aromatic heterocycles. The van der Waals surface area contributed by atoms with Crippen molar-refractivity contribution in [2.75, 3.05) is 7.11 Å². The van der Waals surface area contributed by atoms with E-state index < -0.39 is 0 Å². The number of hydrogen-bond donors (Lipinski definition) is 4. The van der Waals surface area contributed by atoms with E-state index in [1.165, 1.54) is 12.1 Å². The van der Waals surface area contributed by atoms with E-state index in [4.69, 9.17) is 4.74 Å². The van der Waals surface area contributed by atoms with E-state index in [1.807, 2.05) is 13.8 Å². The molecule has 1 aliphatic heterocycles. The van der Waals surface area contributed by atoms with Gasteiger partial charge in [-0.15, -0.1) is 0 Å². The maximum absolute atomic E-state index is 13.1. The molecule has 2 unspecified atom stereocenters. The molecule has 1 aliphatic rings. The molecule has 0 spiro atoms. The number of guanidine groups is 1. The highest BCUT2D eigenvalue weighted by Crippen LogP contribution is 2.21. The van der Waals surface area contributed by atoms with Crippen LogP contribution in [0, 0.1) is 5.82 Å². The van der Waals surface area contributed by atoms with Crippen LogP contribution in [0.25, 0.3) is 0 Å². The number of carbonyl (C=O) groups is 1.